The number of hydrogen-bond donors (Lipinski definition) is 2. The monoisotopic (exact) mass is 270 g/mol. The Morgan fingerprint density at radius 3 is 2.45 bits per heavy atom. The van der Waals surface area contributed by atoms with Gasteiger partial charge < -0.3 is 10.3 Å². The maximum absolute atomic E-state index is 12.0. The van der Waals surface area contributed by atoms with Gasteiger partial charge in [-0.1, -0.05) is 50.2 Å². The van der Waals surface area contributed by atoms with E-state index >= 15 is 0 Å². The highest BCUT2D eigenvalue weighted by molar-refractivity contribution is 5.92. The summed E-state index contributed by atoms with van der Waals surface area (Å²) in [5, 5.41) is 2.86. The third-order valence-electron chi connectivity index (χ3n) is 3.26. The predicted octanol–water partition coefficient (Wildman–Crippen LogP) is 2.08. The average Bonchev–Trinajstić information content (AvgIpc) is 2.46. The van der Waals surface area contributed by atoms with Crippen LogP contribution in [0.4, 0.5) is 0 Å². The topological polar surface area (TPSA) is 62.0 Å². The molecule has 0 saturated heterocycles. The van der Waals surface area contributed by atoms with E-state index in [9.17, 15) is 9.59 Å². The van der Waals surface area contributed by atoms with Crippen molar-refractivity contribution in [1.82, 2.24) is 10.3 Å². The molecule has 20 heavy (non-hydrogen) atoms. The Kier molecular flexibility index (Phi) is 4.03. The summed E-state index contributed by atoms with van der Waals surface area (Å²) in [5.74, 6) is -0.272. The van der Waals surface area contributed by atoms with E-state index in [0.717, 1.165) is 5.56 Å². The normalized spacial score (nSPS) is 11.1. The number of H-pyrrole nitrogens is 1. The second-order valence-corrected chi connectivity index (χ2v) is 5.36. The van der Waals surface area contributed by atoms with Crippen molar-refractivity contribution in [3.8, 4) is 0 Å². The van der Waals surface area contributed by atoms with Gasteiger partial charge >= 0.3 is 0 Å². The molecule has 0 bridgehead atoms. The van der Waals surface area contributed by atoms with E-state index in [1.807, 2.05) is 30.3 Å². The Labute approximate surface area is 117 Å². The molecule has 2 aromatic rings. The highest BCUT2D eigenvalue weighted by atomic mass is 16.2. The molecule has 0 spiro atoms. The molecule has 0 fully saturated rings. The largest absolute Gasteiger partial charge is 0.350 e. The number of pyridine rings is 1. The number of aromatic amines is 1. The van der Waals surface area contributed by atoms with E-state index in [-0.39, 0.29) is 22.6 Å². The van der Waals surface area contributed by atoms with Crippen LogP contribution in [0.3, 0.4) is 0 Å². The minimum absolute atomic E-state index is 0.175. The number of carbonyl (C=O) groups excluding carboxylic acids is 1. The lowest BCUT2D eigenvalue weighted by molar-refractivity contribution is 0.0940. The molecule has 0 saturated carbocycles. The van der Waals surface area contributed by atoms with Crippen molar-refractivity contribution in [2.45, 2.75) is 19.3 Å². The lowest BCUT2D eigenvalue weighted by Crippen LogP contribution is -2.37. The number of carbonyl (C=O) groups is 1. The Hall–Kier alpha value is -2.36. The van der Waals surface area contributed by atoms with Crippen LogP contribution in [0.2, 0.25) is 0 Å². The van der Waals surface area contributed by atoms with Crippen molar-refractivity contribution in [3.05, 3.63) is 70.1 Å². The Balaban J connectivity index is 2.05. The van der Waals surface area contributed by atoms with Gasteiger partial charge in [0.1, 0.15) is 5.69 Å². The Bertz CT molecular complexity index is 645. The number of nitrogens with one attached hydrogen (secondary N) is 2. The van der Waals surface area contributed by atoms with Crippen LogP contribution in [-0.4, -0.2) is 17.4 Å². The van der Waals surface area contributed by atoms with Gasteiger partial charge in [0, 0.05) is 18.0 Å². The summed E-state index contributed by atoms with van der Waals surface area (Å²) in [6.45, 7) is 4.62. The summed E-state index contributed by atoms with van der Waals surface area (Å²) in [7, 11) is 0. The van der Waals surface area contributed by atoms with Gasteiger partial charge in [0.05, 0.1) is 0 Å². The molecule has 104 valence electrons. The molecule has 2 N–H and O–H groups in total. The SMILES string of the molecule is CC(C)(CNC(=O)c1cccc(=O)[nH]1)c1ccccc1. The van der Waals surface area contributed by atoms with Gasteiger partial charge in [0.25, 0.3) is 5.91 Å². The van der Waals surface area contributed by atoms with E-state index in [4.69, 9.17) is 0 Å². The number of aromatic nitrogens is 1. The standard InChI is InChI=1S/C16H18N2O2/c1-16(2,12-7-4-3-5-8-12)11-17-15(20)13-9-6-10-14(19)18-13/h3-10H,11H2,1-2H3,(H,17,20)(H,18,19). The molecule has 4 heteroatoms. The second kappa shape index (κ2) is 5.74. The zero-order valence-electron chi connectivity index (χ0n) is 11.6. The van der Waals surface area contributed by atoms with Crippen LogP contribution < -0.4 is 10.9 Å². The van der Waals surface area contributed by atoms with Gasteiger partial charge in [0.15, 0.2) is 0 Å². The van der Waals surface area contributed by atoms with E-state index in [1.165, 1.54) is 6.07 Å². The van der Waals surface area contributed by atoms with Gasteiger partial charge in [-0.2, -0.15) is 0 Å². The summed E-state index contributed by atoms with van der Waals surface area (Å²) < 4.78 is 0. The first-order chi connectivity index (χ1) is 9.49. The van der Waals surface area contributed by atoms with Gasteiger partial charge in [-0.05, 0) is 11.6 Å². The molecule has 0 unspecified atom stereocenters. The molecule has 0 aliphatic carbocycles. The lowest BCUT2D eigenvalue weighted by Gasteiger charge is -2.25. The zero-order valence-corrected chi connectivity index (χ0v) is 11.6. The molecule has 2 rings (SSSR count). The van der Waals surface area contributed by atoms with Gasteiger partial charge in [-0.15, -0.1) is 0 Å². The van der Waals surface area contributed by atoms with Crippen LogP contribution >= 0.6 is 0 Å². The third kappa shape index (κ3) is 3.35. The van der Waals surface area contributed by atoms with E-state index in [1.54, 1.807) is 12.1 Å². The summed E-state index contributed by atoms with van der Waals surface area (Å²) in [6.07, 6.45) is 0. The molecule has 4 nitrogen and oxygen atoms in total. The van der Waals surface area contributed by atoms with Crippen LogP contribution in [0.25, 0.3) is 0 Å². The first kappa shape index (κ1) is 14.1. The maximum atomic E-state index is 12.0. The summed E-state index contributed by atoms with van der Waals surface area (Å²) in [6, 6.07) is 14.5. The molecular weight excluding hydrogens is 252 g/mol. The van der Waals surface area contributed by atoms with Crippen molar-refractivity contribution >= 4 is 5.91 Å². The molecule has 0 atom stereocenters. The van der Waals surface area contributed by atoms with Crippen LogP contribution in [0.1, 0.15) is 29.9 Å². The third-order valence-corrected chi connectivity index (χ3v) is 3.26. The number of rotatable bonds is 4. The first-order valence-electron chi connectivity index (χ1n) is 6.52. The number of hydrogen-bond acceptors (Lipinski definition) is 2. The molecule has 1 aromatic carbocycles. The predicted molar refractivity (Wildman–Crippen MR) is 78.9 cm³/mol. The molecule has 0 aliphatic rings. The van der Waals surface area contributed by atoms with Crippen molar-refractivity contribution in [3.63, 3.8) is 0 Å². The van der Waals surface area contributed by atoms with Crippen LogP contribution in [0, 0.1) is 0 Å². The smallest absolute Gasteiger partial charge is 0.267 e. The fourth-order valence-electron chi connectivity index (χ4n) is 1.97. The van der Waals surface area contributed by atoms with Crippen LogP contribution in [0.5, 0.6) is 0 Å². The summed E-state index contributed by atoms with van der Waals surface area (Å²) in [4.78, 5) is 25.7. The quantitative estimate of drug-likeness (QED) is 0.893. The van der Waals surface area contributed by atoms with E-state index in [0.29, 0.717) is 6.54 Å². The minimum Gasteiger partial charge on any atom is -0.350 e. The average molecular weight is 270 g/mol. The second-order valence-electron chi connectivity index (χ2n) is 5.36. The van der Waals surface area contributed by atoms with Crippen molar-refractivity contribution in [1.29, 1.82) is 0 Å². The number of amides is 1. The Morgan fingerprint density at radius 2 is 1.80 bits per heavy atom. The van der Waals surface area contributed by atoms with Crippen molar-refractivity contribution in [2.75, 3.05) is 6.54 Å². The fraction of sp³-hybridized carbons (Fsp3) is 0.250. The molecule has 1 aromatic heterocycles. The lowest BCUT2D eigenvalue weighted by atomic mass is 9.84. The molecule has 0 aliphatic heterocycles. The highest BCUT2D eigenvalue weighted by Gasteiger charge is 2.21. The van der Waals surface area contributed by atoms with Gasteiger partial charge in [-0.3, -0.25) is 9.59 Å². The highest BCUT2D eigenvalue weighted by Crippen LogP contribution is 2.21. The maximum Gasteiger partial charge on any atom is 0.267 e. The molecule has 1 heterocycles. The van der Waals surface area contributed by atoms with Gasteiger partial charge in [-0.25, -0.2) is 0 Å². The number of benzene rings is 1. The first-order valence-corrected chi connectivity index (χ1v) is 6.52. The van der Waals surface area contributed by atoms with Crippen molar-refractivity contribution < 1.29 is 4.79 Å². The molecular formula is C16H18N2O2. The molecule has 1 amide bonds. The summed E-state index contributed by atoms with van der Waals surface area (Å²) in [5.41, 5.74) is 0.981. The minimum atomic E-state index is -0.278. The fourth-order valence-corrected chi connectivity index (χ4v) is 1.97. The van der Waals surface area contributed by atoms with Crippen LogP contribution in [-0.2, 0) is 5.41 Å². The van der Waals surface area contributed by atoms with E-state index < -0.39 is 0 Å². The molecule has 0 radical (unpaired) electrons. The zero-order chi connectivity index (χ0) is 14.6. The Morgan fingerprint density at radius 1 is 1.10 bits per heavy atom. The summed E-state index contributed by atoms with van der Waals surface area (Å²) >= 11 is 0. The van der Waals surface area contributed by atoms with Gasteiger partial charge in [0.2, 0.25) is 5.56 Å². The van der Waals surface area contributed by atoms with Crippen LogP contribution in [0.15, 0.2) is 53.3 Å². The van der Waals surface area contributed by atoms with Crippen molar-refractivity contribution in [2.24, 2.45) is 0 Å². The van der Waals surface area contributed by atoms with E-state index in [2.05, 4.69) is 24.1 Å².